The average Bonchev–Trinajstić information content (AvgIpc) is 3.28. The molecule has 1 saturated carbocycles. The van der Waals surface area contributed by atoms with Gasteiger partial charge in [0.15, 0.2) is 0 Å². The van der Waals surface area contributed by atoms with Crippen molar-refractivity contribution >= 4 is 0 Å². The molecule has 0 spiro atoms. The highest BCUT2D eigenvalue weighted by Crippen LogP contribution is 2.31. The molecule has 2 unspecified atom stereocenters. The van der Waals surface area contributed by atoms with Crippen molar-refractivity contribution in [1.82, 2.24) is 4.90 Å². The predicted octanol–water partition coefficient (Wildman–Crippen LogP) is 2.02. The number of ether oxygens (including phenoxy) is 2. The summed E-state index contributed by atoms with van der Waals surface area (Å²) >= 11 is 0. The number of nitrogens with zero attached hydrogens (tertiary/aromatic N) is 1. The van der Waals surface area contributed by atoms with Crippen LogP contribution in [0.15, 0.2) is 0 Å². The van der Waals surface area contributed by atoms with Gasteiger partial charge in [0.05, 0.1) is 12.7 Å². The summed E-state index contributed by atoms with van der Waals surface area (Å²) in [7, 11) is 2.20. The quantitative estimate of drug-likeness (QED) is 0.658. The van der Waals surface area contributed by atoms with Gasteiger partial charge < -0.3 is 15.2 Å². The molecule has 2 rings (SSSR count). The predicted molar refractivity (Wildman–Crippen MR) is 81.8 cm³/mol. The number of nitrogens with two attached hydrogens (primary N) is 1. The lowest BCUT2D eigenvalue weighted by atomic mass is 9.84. The molecule has 118 valence electrons. The van der Waals surface area contributed by atoms with Gasteiger partial charge in [0.1, 0.15) is 0 Å². The van der Waals surface area contributed by atoms with Gasteiger partial charge in [-0.3, -0.25) is 4.90 Å². The third kappa shape index (κ3) is 4.42. The highest BCUT2D eigenvalue weighted by molar-refractivity contribution is 4.95. The van der Waals surface area contributed by atoms with E-state index < -0.39 is 0 Å². The van der Waals surface area contributed by atoms with Crippen molar-refractivity contribution in [2.75, 3.05) is 40.0 Å². The minimum atomic E-state index is 0.112. The summed E-state index contributed by atoms with van der Waals surface area (Å²) in [5.74, 6) is 0.848. The van der Waals surface area contributed by atoms with Crippen molar-refractivity contribution in [2.24, 2.45) is 11.7 Å². The Balaban J connectivity index is 1.77. The van der Waals surface area contributed by atoms with E-state index in [1.54, 1.807) is 0 Å². The smallest absolute Gasteiger partial charge is 0.0593 e. The fourth-order valence-corrected chi connectivity index (χ4v) is 3.17. The molecule has 4 nitrogen and oxygen atoms in total. The lowest BCUT2D eigenvalue weighted by Gasteiger charge is -2.46. The van der Waals surface area contributed by atoms with Gasteiger partial charge in [-0.2, -0.15) is 0 Å². The lowest BCUT2D eigenvalue weighted by Crippen LogP contribution is -2.57. The van der Waals surface area contributed by atoms with Gasteiger partial charge in [-0.25, -0.2) is 0 Å². The van der Waals surface area contributed by atoms with Gasteiger partial charge in [0, 0.05) is 31.8 Å². The van der Waals surface area contributed by atoms with Crippen LogP contribution >= 0.6 is 0 Å². The number of hydrogen-bond acceptors (Lipinski definition) is 4. The Morgan fingerprint density at radius 2 is 2.20 bits per heavy atom. The van der Waals surface area contributed by atoms with E-state index in [1.165, 1.54) is 19.3 Å². The molecule has 0 aromatic heterocycles. The van der Waals surface area contributed by atoms with Crippen molar-refractivity contribution < 1.29 is 9.47 Å². The third-order valence-electron chi connectivity index (χ3n) is 4.95. The molecule has 2 atom stereocenters. The highest BCUT2D eigenvalue weighted by Gasteiger charge is 2.38. The Hall–Kier alpha value is -0.160. The van der Waals surface area contributed by atoms with Gasteiger partial charge in [-0.1, -0.05) is 13.3 Å². The zero-order valence-electron chi connectivity index (χ0n) is 13.3. The molecule has 1 aliphatic carbocycles. The first kappa shape index (κ1) is 16.2. The molecule has 0 bridgehead atoms. The first-order valence-corrected chi connectivity index (χ1v) is 8.31. The van der Waals surface area contributed by atoms with Crippen LogP contribution in [0, 0.1) is 5.92 Å². The van der Waals surface area contributed by atoms with Gasteiger partial charge in [-0.05, 0) is 45.1 Å². The minimum Gasteiger partial charge on any atom is -0.380 e. The summed E-state index contributed by atoms with van der Waals surface area (Å²) in [5.41, 5.74) is 6.23. The molecule has 20 heavy (non-hydrogen) atoms. The summed E-state index contributed by atoms with van der Waals surface area (Å²) in [6.07, 6.45) is 7.54. The van der Waals surface area contributed by atoms with Crippen molar-refractivity contribution in [3.8, 4) is 0 Å². The molecular weight excluding hydrogens is 252 g/mol. The largest absolute Gasteiger partial charge is 0.380 e. The second-order valence-electron chi connectivity index (χ2n) is 6.60. The highest BCUT2D eigenvalue weighted by atomic mass is 16.5. The van der Waals surface area contributed by atoms with Crippen LogP contribution in [0.2, 0.25) is 0 Å². The van der Waals surface area contributed by atoms with Crippen LogP contribution in [0.25, 0.3) is 0 Å². The Labute approximate surface area is 124 Å². The van der Waals surface area contributed by atoms with E-state index in [0.29, 0.717) is 6.10 Å². The lowest BCUT2D eigenvalue weighted by molar-refractivity contribution is -0.0715. The second kappa shape index (κ2) is 7.74. The van der Waals surface area contributed by atoms with Gasteiger partial charge in [-0.15, -0.1) is 0 Å². The average molecular weight is 284 g/mol. The van der Waals surface area contributed by atoms with E-state index in [2.05, 4.69) is 18.9 Å². The van der Waals surface area contributed by atoms with Crippen molar-refractivity contribution in [1.29, 1.82) is 0 Å². The molecule has 2 N–H and O–H groups in total. The zero-order valence-corrected chi connectivity index (χ0v) is 13.3. The normalized spacial score (nSPS) is 30.9. The van der Waals surface area contributed by atoms with E-state index in [1.807, 2.05) is 0 Å². The van der Waals surface area contributed by atoms with E-state index in [4.69, 9.17) is 15.2 Å². The van der Waals surface area contributed by atoms with Gasteiger partial charge in [0.2, 0.25) is 0 Å². The first-order valence-electron chi connectivity index (χ1n) is 8.31. The number of hydrogen-bond donors (Lipinski definition) is 1. The van der Waals surface area contributed by atoms with Crippen LogP contribution in [-0.4, -0.2) is 56.5 Å². The first-order chi connectivity index (χ1) is 9.70. The van der Waals surface area contributed by atoms with E-state index in [0.717, 1.165) is 58.1 Å². The summed E-state index contributed by atoms with van der Waals surface area (Å²) in [4.78, 5) is 2.42. The summed E-state index contributed by atoms with van der Waals surface area (Å²) in [5, 5.41) is 0. The van der Waals surface area contributed by atoms with E-state index in [9.17, 15) is 0 Å². The van der Waals surface area contributed by atoms with Crippen LogP contribution in [0.3, 0.4) is 0 Å². The molecule has 2 fully saturated rings. The second-order valence-corrected chi connectivity index (χ2v) is 6.60. The fraction of sp³-hybridized carbons (Fsp3) is 1.00. The van der Waals surface area contributed by atoms with Crippen LogP contribution < -0.4 is 5.73 Å². The number of likely N-dealkylation sites (N-methyl/N-ethyl adjacent to an activating group) is 1. The van der Waals surface area contributed by atoms with Crippen LogP contribution in [0.1, 0.15) is 45.4 Å². The molecule has 4 heteroatoms. The molecule has 1 heterocycles. The number of rotatable bonds is 9. The molecule has 0 radical (unpaired) electrons. The minimum absolute atomic E-state index is 0.112. The maximum atomic E-state index is 6.12. The Morgan fingerprint density at radius 1 is 1.40 bits per heavy atom. The molecular formula is C16H32N2O2. The topological polar surface area (TPSA) is 47.7 Å². The van der Waals surface area contributed by atoms with Crippen molar-refractivity contribution in [2.45, 2.75) is 57.1 Å². The van der Waals surface area contributed by atoms with Gasteiger partial charge in [0.25, 0.3) is 0 Å². The summed E-state index contributed by atoms with van der Waals surface area (Å²) < 4.78 is 11.6. The Bertz CT molecular complexity index is 282. The van der Waals surface area contributed by atoms with E-state index >= 15 is 0 Å². The molecule has 0 aromatic carbocycles. The monoisotopic (exact) mass is 284 g/mol. The molecule has 0 amide bonds. The molecule has 1 saturated heterocycles. The van der Waals surface area contributed by atoms with E-state index in [-0.39, 0.29) is 5.54 Å². The van der Waals surface area contributed by atoms with Crippen LogP contribution in [0.4, 0.5) is 0 Å². The maximum absolute atomic E-state index is 6.12. The van der Waals surface area contributed by atoms with Crippen LogP contribution in [0.5, 0.6) is 0 Å². The summed E-state index contributed by atoms with van der Waals surface area (Å²) in [6, 6.07) is 0. The SMILES string of the molecule is CCCC1CC(CN)(N(C)CCOCC2CC2)CCO1. The zero-order chi connectivity index (χ0) is 14.4. The molecule has 2 aliphatic rings. The van der Waals surface area contributed by atoms with Crippen molar-refractivity contribution in [3.05, 3.63) is 0 Å². The Morgan fingerprint density at radius 3 is 2.85 bits per heavy atom. The molecule has 1 aliphatic heterocycles. The fourth-order valence-electron chi connectivity index (χ4n) is 3.17. The molecule has 0 aromatic rings. The van der Waals surface area contributed by atoms with Crippen molar-refractivity contribution in [3.63, 3.8) is 0 Å². The van der Waals surface area contributed by atoms with Crippen LogP contribution in [-0.2, 0) is 9.47 Å². The third-order valence-corrected chi connectivity index (χ3v) is 4.95. The summed E-state index contributed by atoms with van der Waals surface area (Å²) in [6.45, 7) is 6.53. The Kier molecular flexibility index (Phi) is 6.27. The maximum Gasteiger partial charge on any atom is 0.0593 e. The van der Waals surface area contributed by atoms with Gasteiger partial charge >= 0.3 is 0 Å². The standard InChI is InChI=1S/C16H32N2O2/c1-3-4-15-11-16(13-17,7-9-20-15)18(2)8-10-19-12-14-5-6-14/h14-15H,3-13,17H2,1-2H3.